The summed E-state index contributed by atoms with van der Waals surface area (Å²) in [7, 11) is 1.51. The number of anilines is 1. The number of hydrogen-bond acceptors (Lipinski definition) is 7. The van der Waals surface area contributed by atoms with E-state index < -0.39 is 10.5 Å². The second-order valence-electron chi connectivity index (χ2n) is 10.2. The van der Waals surface area contributed by atoms with Crippen molar-refractivity contribution < 1.29 is 24.0 Å². The minimum absolute atomic E-state index is 0.0486. The Morgan fingerprint density at radius 1 is 1.13 bits per heavy atom. The van der Waals surface area contributed by atoms with Gasteiger partial charge in [0.05, 0.1) is 40.2 Å². The normalized spacial score (nSPS) is 14.1. The monoisotopic (exact) mass is 555 g/mol. The van der Waals surface area contributed by atoms with Crippen molar-refractivity contribution in [3.63, 3.8) is 0 Å². The number of piperidine rings is 1. The Morgan fingerprint density at radius 3 is 2.36 bits per heavy atom. The summed E-state index contributed by atoms with van der Waals surface area (Å²) in [6, 6.07) is 10.9. The standard InChI is InChI=1S/C27H30ClN5O6/c1-27(2,3)39-26(35)31-13-11-17(12-14-31)24-21(25(34)30-18-5-10-23(38-4)22(28)15-18)16-29-32(24)19-6-8-20(9-7-19)33(36)37/h5-10,15-17H,11-14H2,1-4H3,(H,30,34). The summed E-state index contributed by atoms with van der Waals surface area (Å²) in [4.78, 5) is 38.4. The molecule has 12 heteroatoms. The summed E-state index contributed by atoms with van der Waals surface area (Å²) in [6.45, 7) is 6.35. The van der Waals surface area contributed by atoms with E-state index in [2.05, 4.69) is 10.4 Å². The van der Waals surface area contributed by atoms with Gasteiger partial charge in [-0.15, -0.1) is 0 Å². The third-order valence-corrected chi connectivity index (χ3v) is 6.59. The van der Waals surface area contributed by atoms with Gasteiger partial charge in [0.1, 0.15) is 11.4 Å². The Labute approximate surface area is 230 Å². The largest absolute Gasteiger partial charge is 0.495 e. The molecule has 1 aliphatic rings. The highest BCUT2D eigenvalue weighted by Gasteiger charge is 2.32. The summed E-state index contributed by atoms with van der Waals surface area (Å²) >= 11 is 6.23. The number of nitrogens with zero attached hydrogens (tertiary/aromatic N) is 4. The predicted molar refractivity (Wildman–Crippen MR) is 146 cm³/mol. The van der Waals surface area contributed by atoms with Crippen molar-refractivity contribution in [2.75, 3.05) is 25.5 Å². The van der Waals surface area contributed by atoms with Crippen LogP contribution in [-0.4, -0.2) is 57.4 Å². The van der Waals surface area contributed by atoms with Gasteiger partial charge in [0.15, 0.2) is 0 Å². The number of carbonyl (C=O) groups is 2. The SMILES string of the molecule is COc1ccc(NC(=O)c2cnn(-c3ccc([N+](=O)[O-])cc3)c2C2CCN(C(=O)OC(C)(C)C)CC2)cc1Cl. The zero-order valence-electron chi connectivity index (χ0n) is 22.1. The number of halogens is 1. The van der Waals surface area contributed by atoms with Crippen molar-refractivity contribution in [2.45, 2.75) is 45.1 Å². The van der Waals surface area contributed by atoms with E-state index in [1.165, 1.54) is 25.4 Å². The van der Waals surface area contributed by atoms with Gasteiger partial charge in [-0.2, -0.15) is 5.10 Å². The van der Waals surface area contributed by atoms with Gasteiger partial charge in [-0.1, -0.05) is 11.6 Å². The van der Waals surface area contributed by atoms with Gasteiger partial charge in [-0.05, 0) is 63.9 Å². The first kappa shape index (κ1) is 27.9. The molecule has 4 rings (SSSR count). The molecule has 2 amide bonds. The van der Waals surface area contributed by atoms with E-state index in [1.54, 1.807) is 39.9 Å². The fourth-order valence-corrected chi connectivity index (χ4v) is 4.71. The molecule has 0 bridgehead atoms. The molecule has 0 saturated carbocycles. The van der Waals surface area contributed by atoms with Crippen molar-refractivity contribution in [1.29, 1.82) is 0 Å². The number of nitrogens with one attached hydrogen (secondary N) is 1. The summed E-state index contributed by atoms with van der Waals surface area (Å²) in [5.74, 6) is -0.00589. The van der Waals surface area contributed by atoms with Gasteiger partial charge in [-0.3, -0.25) is 14.9 Å². The van der Waals surface area contributed by atoms with Crippen LogP contribution in [0.25, 0.3) is 5.69 Å². The molecule has 1 aliphatic heterocycles. The van der Waals surface area contributed by atoms with Crippen LogP contribution in [0.1, 0.15) is 55.6 Å². The van der Waals surface area contributed by atoms with Crippen LogP contribution in [0.4, 0.5) is 16.2 Å². The van der Waals surface area contributed by atoms with E-state index in [9.17, 15) is 19.7 Å². The fraction of sp³-hybridized carbons (Fsp3) is 0.370. The molecule has 39 heavy (non-hydrogen) atoms. The zero-order chi connectivity index (χ0) is 28.3. The predicted octanol–water partition coefficient (Wildman–Crippen LogP) is 5.81. The maximum absolute atomic E-state index is 13.4. The first-order valence-corrected chi connectivity index (χ1v) is 12.8. The summed E-state index contributed by atoms with van der Waals surface area (Å²) in [5.41, 5.74) is 1.43. The van der Waals surface area contributed by atoms with Crippen LogP contribution in [0.5, 0.6) is 5.75 Å². The second-order valence-corrected chi connectivity index (χ2v) is 10.6. The lowest BCUT2D eigenvalue weighted by atomic mass is 9.90. The Hall–Kier alpha value is -4.12. The topological polar surface area (TPSA) is 129 Å². The van der Waals surface area contributed by atoms with Crippen LogP contribution in [0.15, 0.2) is 48.7 Å². The van der Waals surface area contributed by atoms with Crippen LogP contribution in [-0.2, 0) is 4.74 Å². The van der Waals surface area contributed by atoms with Crippen LogP contribution in [0.3, 0.4) is 0 Å². The number of carbonyl (C=O) groups excluding carboxylic acids is 2. The third-order valence-electron chi connectivity index (χ3n) is 6.30. The summed E-state index contributed by atoms with van der Waals surface area (Å²) in [6.07, 6.45) is 2.26. The highest BCUT2D eigenvalue weighted by molar-refractivity contribution is 6.32. The highest BCUT2D eigenvalue weighted by Crippen LogP contribution is 2.34. The maximum atomic E-state index is 13.4. The molecule has 2 heterocycles. The lowest BCUT2D eigenvalue weighted by Gasteiger charge is -2.34. The van der Waals surface area contributed by atoms with Gasteiger partial charge < -0.3 is 19.7 Å². The molecule has 0 unspecified atom stereocenters. The third kappa shape index (κ3) is 6.48. The first-order chi connectivity index (χ1) is 18.5. The average Bonchev–Trinajstić information content (AvgIpc) is 3.33. The van der Waals surface area contributed by atoms with E-state index in [1.807, 2.05) is 20.8 Å². The van der Waals surface area contributed by atoms with Crippen molar-refractivity contribution in [2.24, 2.45) is 0 Å². The molecule has 3 aromatic rings. The van der Waals surface area contributed by atoms with E-state index in [-0.39, 0.29) is 23.6 Å². The number of nitro benzene ring substituents is 1. The number of likely N-dealkylation sites (tertiary alicyclic amines) is 1. The molecule has 1 saturated heterocycles. The average molecular weight is 556 g/mol. The van der Waals surface area contributed by atoms with E-state index in [4.69, 9.17) is 21.1 Å². The molecule has 11 nitrogen and oxygen atoms in total. The highest BCUT2D eigenvalue weighted by atomic mass is 35.5. The number of methoxy groups -OCH3 is 1. The Morgan fingerprint density at radius 2 is 1.79 bits per heavy atom. The molecule has 0 radical (unpaired) electrons. The molecule has 0 spiro atoms. The quantitative estimate of drug-likeness (QED) is 0.300. The fourth-order valence-electron chi connectivity index (χ4n) is 4.45. The Balaban J connectivity index is 1.63. The smallest absolute Gasteiger partial charge is 0.410 e. The first-order valence-electron chi connectivity index (χ1n) is 12.4. The number of nitro groups is 1. The molecule has 2 aromatic carbocycles. The van der Waals surface area contributed by atoms with Gasteiger partial charge in [0, 0.05) is 36.8 Å². The van der Waals surface area contributed by atoms with Gasteiger partial charge in [-0.25, -0.2) is 9.48 Å². The molecule has 0 aliphatic carbocycles. The maximum Gasteiger partial charge on any atom is 0.410 e. The second kappa shape index (κ2) is 11.3. The minimum Gasteiger partial charge on any atom is -0.495 e. The number of amides is 2. The number of aromatic nitrogens is 2. The van der Waals surface area contributed by atoms with Crippen LogP contribution >= 0.6 is 11.6 Å². The number of non-ortho nitro benzene ring substituents is 1. The number of hydrogen-bond donors (Lipinski definition) is 1. The Bertz CT molecular complexity index is 1370. The van der Waals surface area contributed by atoms with Crippen LogP contribution in [0, 0.1) is 10.1 Å². The van der Waals surface area contributed by atoms with Gasteiger partial charge in [0.2, 0.25) is 0 Å². The van der Waals surface area contributed by atoms with Crippen molar-refractivity contribution in [3.8, 4) is 11.4 Å². The molecular formula is C27H30ClN5O6. The molecule has 1 fully saturated rings. The summed E-state index contributed by atoms with van der Waals surface area (Å²) in [5, 5.41) is 18.8. The lowest BCUT2D eigenvalue weighted by molar-refractivity contribution is -0.384. The summed E-state index contributed by atoms with van der Waals surface area (Å²) < 4.78 is 12.3. The van der Waals surface area contributed by atoms with Gasteiger partial charge >= 0.3 is 6.09 Å². The Kier molecular flexibility index (Phi) is 8.10. The number of benzene rings is 2. The zero-order valence-corrected chi connectivity index (χ0v) is 22.9. The van der Waals surface area contributed by atoms with E-state index in [0.717, 1.165) is 0 Å². The molecule has 1 N–H and O–H groups in total. The molecule has 206 valence electrons. The van der Waals surface area contributed by atoms with Gasteiger partial charge in [0.25, 0.3) is 11.6 Å². The number of rotatable bonds is 6. The minimum atomic E-state index is -0.599. The van der Waals surface area contributed by atoms with Crippen LogP contribution in [0.2, 0.25) is 5.02 Å². The van der Waals surface area contributed by atoms with Crippen molar-refractivity contribution >= 4 is 35.0 Å². The van der Waals surface area contributed by atoms with E-state index in [0.29, 0.717) is 59.3 Å². The molecule has 0 atom stereocenters. The van der Waals surface area contributed by atoms with Crippen molar-refractivity contribution in [1.82, 2.24) is 14.7 Å². The lowest BCUT2D eigenvalue weighted by Crippen LogP contribution is -2.41. The van der Waals surface area contributed by atoms with Crippen molar-refractivity contribution in [3.05, 3.63) is 75.1 Å². The number of ether oxygens (including phenoxy) is 2. The molecular weight excluding hydrogens is 526 g/mol. The van der Waals surface area contributed by atoms with E-state index >= 15 is 0 Å². The van der Waals surface area contributed by atoms with Crippen LogP contribution < -0.4 is 10.1 Å². The molecule has 1 aromatic heterocycles.